The molecule has 0 aromatic heterocycles. The average Bonchev–Trinajstić information content (AvgIpc) is 3.44. The molecule has 10 nitrogen and oxygen atoms in total. The maximum atomic E-state index is 13.5. The molecule has 2 N–H and O–H groups in total. The lowest BCUT2D eigenvalue weighted by atomic mass is 9.59. The van der Waals surface area contributed by atoms with Crippen LogP contribution >= 0.6 is 8.53 Å². The van der Waals surface area contributed by atoms with E-state index in [2.05, 4.69) is 10.7 Å². The molecule has 17 heteroatoms. The number of hydrogen-bond acceptors (Lipinski definition) is 8. The Labute approximate surface area is 334 Å². The Morgan fingerprint density at radius 2 is 1.29 bits per heavy atom. The average molecular weight is 835 g/mol. The van der Waals surface area contributed by atoms with Crippen LogP contribution in [0.4, 0.5) is 37.7 Å². The number of ether oxygens (including phenoxy) is 1. The highest BCUT2D eigenvalue weighted by molar-refractivity contribution is 7.44. The molecule has 3 aromatic carbocycles. The third-order valence-corrected chi connectivity index (χ3v) is 12.3. The zero-order valence-electron chi connectivity index (χ0n) is 32.6. The van der Waals surface area contributed by atoms with E-state index in [4.69, 9.17) is 19.0 Å². The number of halogens is 6. The van der Waals surface area contributed by atoms with Crippen molar-refractivity contribution in [2.24, 2.45) is 0 Å². The van der Waals surface area contributed by atoms with Gasteiger partial charge in [0.25, 0.3) is 8.53 Å². The topological polar surface area (TPSA) is 130 Å². The van der Waals surface area contributed by atoms with E-state index in [-0.39, 0.29) is 42.0 Å². The van der Waals surface area contributed by atoms with Crippen molar-refractivity contribution in [2.45, 2.75) is 109 Å². The summed E-state index contributed by atoms with van der Waals surface area (Å²) in [6, 6.07) is 17.1. The molecule has 0 fully saturated rings. The summed E-state index contributed by atoms with van der Waals surface area (Å²) in [4.78, 5) is 37.6. The number of carbonyl (C=O) groups excluding carboxylic acids is 3. The van der Waals surface area contributed by atoms with Crippen molar-refractivity contribution in [3.05, 3.63) is 94.0 Å². The Balaban J connectivity index is 1.50. The van der Waals surface area contributed by atoms with E-state index in [9.17, 15) is 40.7 Å². The SMILES string of the molecule is CC(C)N(C(C)C)P(OCCC#N)OCCCCCCC1(C)c2cc(NC(=O)C(F)(F)F)ccc2C2(OC(=O)c3ccccc32)c2ccc(NC(=O)C(F)(F)F)cc21. The monoisotopic (exact) mass is 834 g/mol. The molecule has 1 aliphatic heterocycles. The smallest absolute Gasteiger partial charge is 0.441 e. The summed E-state index contributed by atoms with van der Waals surface area (Å²) in [5.74, 6) is -5.10. The predicted octanol–water partition coefficient (Wildman–Crippen LogP) is 10.0. The summed E-state index contributed by atoms with van der Waals surface area (Å²) >= 11 is 0. The number of nitrogens with zero attached hydrogens (tertiary/aromatic N) is 2. The van der Waals surface area contributed by atoms with Gasteiger partial charge in [0.05, 0.1) is 31.3 Å². The third kappa shape index (κ3) is 9.18. The van der Waals surface area contributed by atoms with Crippen molar-refractivity contribution in [3.63, 3.8) is 0 Å². The Morgan fingerprint density at radius 3 is 1.81 bits per heavy atom. The maximum absolute atomic E-state index is 13.5. The van der Waals surface area contributed by atoms with Crippen molar-refractivity contribution in [1.82, 2.24) is 4.67 Å². The van der Waals surface area contributed by atoms with Crippen molar-refractivity contribution in [3.8, 4) is 6.07 Å². The Morgan fingerprint density at radius 1 is 0.776 bits per heavy atom. The molecule has 1 spiro atoms. The molecule has 0 bridgehead atoms. The molecule has 1 atom stereocenters. The van der Waals surface area contributed by atoms with Crippen LogP contribution in [0.15, 0.2) is 60.7 Å². The van der Waals surface area contributed by atoms with Gasteiger partial charge in [0.15, 0.2) is 5.60 Å². The molecular weight excluding hydrogens is 789 g/mol. The molecule has 58 heavy (non-hydrogen) atoms. The van der Waals surface area contributed by atoms with E-state index >= 15 is 0 Å². The fraction of sp³-hybridized carbons (Fsp3) is 0.463. The minimum absolute atomic E-state index is 0.125. The van der Waals surface area contributed by atoms with Crippen molar-refractivity contribution < 1.29 is 54.5 Å². The van der Waals surface area contributed by atoms with Crippen LogP contribution in [0.5, 0.6) is 0 Å². The van der Waals surface area contributed by atoms with Gasteiger partial charge in [-0.25, -0.2) is 9.46 Å². The number of anilines is 2. The zero-order valence-corrected chi connectivity index (χ0v) is 33.5. The number of fused-ring (bicyclic) bond motifs is 6. The van der Waals surface area contributed by atoms with E-state index in [0.29, 0.717) is 66.5 Å². The highest BCUT2D eigenvalue weighted by Crippen LogP contribution is 2.58. The van der Waals surface area contributed by atoms with Gasteiger partial charge in [-0.05, 0) is 82.0 Å². The summed E-state index contributed by atoms with van der Waals surface area (Å²) in [5.41, 5.74) is -1.06. The van der Waals surface area contributed by atoms with Gasteiger partial charge in [0, 0.05) is 45.6 Å². The van der Waals surface area contributed by atoms with E-state index < -0.39 is 49.7 Å². The minimum atomic E-state index is -5.20. The molecule has 5 rings (SSSR count). The van der Waals surface area contributed by atoms with E-state index in [0.717, 1.165) is 0 Å². The van der Waals surface area contributed by atoms with Gasteiger partial charge < -0.3 is 24.4 Å². The van der Waals surface area contributed by atoms with Crippen LogP contribution in [0.1, 0.15) is 111 Å². The molecule has 1 unspecified atom stereocenters. The van der Waals surface area contributed by atoms with E-state index in [1.165, 1.54) is 36.4 Å². The van der Waals surface area contributed by atoms with Crippen LogP contribution in [0.3, 0.4) is 0 Å². The first-order chi connectivity index (χ1) is 27.2. The van der Waals surface area contributed by atoms with Gasteiger partial charge >= 0.3 is 30.1 Å². The number of alkyl halides is 6. The van der Waals surface area contributed by atoms with Gasteiger partial charge in [0.1, 0.15) is 0 Å². The number of nitriles is 1. The summed E-state index contributed by atoms with van der Waals surface area (Å²) < 4.78 is 101. The number of amides is 2. The first-order valence-corrected chi connectivity index (χ1v) is 20.0. The molecule has 0 saturated carbocycles. The van der Waals surface area contributed by atoms with Crippen molar-refractivity contribution in [1.29, 1.82) is 5.26 Å². The fourth-order valence-corrected chi connectivity index (χ4v) is 9.37. The summed E-state index contributed by atoms with van der Waals surface area (Å²) in [6.45, 7) is 10.5. The van der Waals surface area contributed by atoms with Crippen LogP contribution in [0.2, 0.25) is 0 Å². The largest absolute Gasteiger partial charge is 0.471 e. The Hall–Kier alpha value is -4.55. The molecule has 2 aliphatic rings. The van der Waals surface area contributed by atoms with E-state index in [1.54, 1.807) is 31.2 Å². The number of esters is 1. The summed E-state index contributed by atoms with van der Waals surface area (Å²) in [6.07, 6.45) is -7.36. The van der Waals surface area contributed by atoms with Crippen molar-refractivity contribution >= 4 is 37.7 Å². The molecule has 0 saturated heterocycles. The second-order valence-corrected chi connectivity index (χ2v) is 16.4. The minimum Gasteiger partial charge on any atom is -0.441 e. The molecule has 0 radical (unpaired) electrons. The maximum Gasteiger partial charge on any atom is 0.471 e. The fourth-order valence-electron chi connectivity index (χ4n) is 7.74. The lowest BCUT2D eigenvalue weighted by molar-refractivity contribution is -0.167. The summed E-state index contributed by atoms with van der Waals surface area (Å²) in [5, 5.41) is 12.8. The van der Waals surface area contributed by atoms with Gasteiger partial charge in [0.2, 0.25) is 0 Å². The first-order valence-electron chi connectivity index (χ1n) is 18.9. The highest BCUT2D eigenvalue weighted by atomic mass is 31.2. The summed E-state index contributed by atoms with van der Waals surface area (Å²) in [7, 11) is -1.43. The number of rotatable bonds is 16. The Kier molecular flexibility index (Phi) is 13.6. The molecule has 1 heterocycles. The van der Waals surface area contributed by atoms with Crippen LogP contribution in [-0.2, 0) is 34.4 Å². The van der Waals surface area contributed by atoms with Crippen LogP contribution < -0.4 is 10.6 Å². The number of carbonyl (C=O) groups is 3. The Bertz CT molecular complexity index is 1960. The van der Waals surface area contributed by atoms with Crippen molar-refractivity contribution in [2.75, 3.05) is 23.8 Å². The lowest BCUT2D eigenvalue weighted by Crippen LogP contribution is -2.43. The van der Waals surface area contributed by atoms with E-state index in [1.807, 2.05) is 38.3 Å². The lowest BCUT2D eigenvalue weighted by Gasteiger charge is -2.46. The van der Waals surface area contributed by atoms with Gasteiger partial charge in [-0.15, -0.1) is 0 Å². The normalized spacial score (nSPS) is 19.1. The number of hydrogen-bond donors (Lipinski definition) is 2. The molecule has 312 valence electrons. The zero-order chi connectivity index (χ0) is 42.6. The first kappa shape index (κ1) is 44.6. The molecule has 2 amide bonds. The van der Waals surface area contributed by atoms with Crippen LogP contribution in [0.25, 0.3) is 0 Å². The van der Waals surface area contributed by atoms with Gasteiger partial charge in [-0.2, -0.15) is 31.6 Å². The van der Waals surface area contributed by atoms with Gasteiger partial charge in [-0.1, -0.05) is 56.5 Å². The van der Waals surface area contributed by atoms with Gasteiger partial charge in [-0.3, -0.25) is 9.59 Å². The third-order valence-electron chi connectivity index (χ3n) is 10.2. The molecular formula is C41H45F6N4O6P. The van der Waals surface area contributed by atoms with Crippen LogP contribution in [-0.4, -0.2) is 60.1 Å². The second-order valence-electron chi connectivity index (χ2n) is 14.9. The molecule has 1 aliphatic carbocycles. The second kappa shape index (κ2) is 17.7. The predicted molar refractivity (Wildman–Crippen MR) is 205 cm³/mol. The number of benzene rings is 3. The standard InChI is InChI=1S/C41H45F6N4O6P/c1-25(2)51(26(3)4)58(56-22-12-20-48)55-21-11-7-6-10-19-38(5)33-23-27(49-36(53)40(42,43)44)15-17-31(33)39(30-14-9-8-13-29(30)35(52)57-39)32-18-16-28(24-34(32)38)50-37(54)41(45,46)47/h8-9,13-18,23-26H,6-7,10-12,19,21-22H2,1-5H3,(H,49,53)(H,50,54). The molecule has 3 aromatic rings. The number of unbranched alkanes of at least 4 members (excludes halogenated alkanes) is 3. The van der Waals surface area contributed by atoms with Crippen LogP contribution in [0, 0.1) is 11.3 Å². The quantitative estimate of drug-likeness (QED) is 0.0632. The number of nitrogens with one attached hydrogen (secondary N) is 2. The highest BCUT2D eigenvalue weighted by Gasteiger charge is 2.56.